The summed E-state index contributed by atoms with van der Waals surface area (Å²) in [5.74, 6) is 0.404. The minimum atomic E-state index is -0.968. The van der Waals surface area contributed by atoms with Crippen molar-refractivity contribution in [3.63, 3.8) is 0 Å². The summed E-state index contributed by atoms with van der Waals surface area (Å²) in [6.45, 7) is 2.63. The lowest BCUT2D eigenvalue weighted by molar-refractivity contribution is -0.126. The molecule has 3 atom stereocenters. The van der Waals surface area contributed by atoms with E-state index < -0.39 is 24.0 Å². The third-order valence-electron chi connectivity index (χ3n) is 6.74. The van der Waals surface area contributed by atoms with Crippen molar-refractivity contribution in [3.8, 4) is 17.1 Å². The third kappa shape index (κ3) is 4.29. The molecule has 3 aromatic carbocycles. The molecule has 0 unspecified atom stereocenters. The number of hydroxylamine groups is 1. The molecule has 1 aromatic heterocycles. The highest BCUT2D eigenvalue weighted by Gasteiger charge is 2.61. The molecule has 0 saturated carbocycles. The number of furan rings is 1. The molecule has 0 spiro atoms. The number of para-hydroxylation sites is 1. The second-order valence-corrected chi connectivity index (χ2v) is 10.1. The van der Waals surface area contributed by atoms with Crippen molar-refractivity contribution >= 4 is 39.1 Å². The monoisotopic (exact) mass is 572 g/mol. The molecule has 0 N–H and O–H groups in total. The standard InChI is InChI=1S/C30H25BrN2O5/c1-2-18-36-23-14-12-21(13-15-23)32-29(34)26-27(25-17-16-24(37-25)19-8-10-20(31)11-9-19)33(38-28(26)30(32)35)22-6-4-3-5-7-22/h3-17,26-28H,2,18H2,1H3/t26-,27+,28+/m0/s1. The minimum Gasteiger partial charge on any atom is -0.494 e. The average molecular weight is 573 g/mol. The van der Waals surface area contributed by atoms with Gasteiger partial charge in [-0.15, -0.1) is 0 Å². The third-order valence-corrected chi connectivity index (χ3v) is 7.27. The Bertz CT molecular complexity index is 1450. The number of hydrogen-bond acceptors (Lipinski definition) is 6. The van der Waals surface area contributed by atoms with Gasteiger partial charge in [-0.2, -0.15) is 0 Å². The molecule has 2 amide bonds. The first kappa shape index (κ1) is 24.5. The number of hydrogen-bond donors (Lipinski definition) is 0. The van der Waals surface area contributed by atoms with Crippen LogP contribution >= 0.6 is 15.9 Å². The fraction of sp³-hybridized carbons (Fsp3) is 0.200. The summed E-state index contributed by atoms with van der Waals surface area (Å²) in [5.41, 5.74) is 2.13. The van der Waals surface area contributed by atoms with E-state index in [-0.39, 0.29) is 5.91 Å². The van der Waals surface area contributed by atoms with Crippen LogP contribution in [0.5, 0.6) is 5.75 Å². The van der Waals surface area contributed by atoms with Crippen LogP contribution in [-0.2, 0) is 14.4 Å². The highest BCUT2D eigenvalue weighted by molar-refractivity contribution is 9.10. The van der Waals surface area contributed by atoms with Gasteiger partial charge in [0.2, 0.25) is 5.91 Å². The molecule has 8 heteroatoms. The maximum Gasteiger partial charge on any atom is 0.266 e. The lowest BCUT2D eigenvalue weighted by Crippen LogP contribution is -2.37. The quantitative estimate of drug-likeness (QED) is 0.234. The maximum atomic E-state index is 13.8. The van der Waals surface area contributed by atoms with E-state index in [2.05, 4.69) is 15.9 Å². The molecule has 192 valence electrons. The SMILES string of the molecule is CCCOc1ccc(N2C(=O)[C@H]3[C@@H](c4ccc(-c5ccc(Br)cc5)o4)N(c4ccccc4)O[C@H]3C2=O)cc1. The van der Waals surface area contributed by atoms with Crippen molar-refractivity contribution in [1.82, 2.24) is 0 Å². The number of fused-ring (bicyclic) bond motifs is 1. The summed E-state index contributed by atoms with van der Waals surface area (Å²) < 4.78 is 12.9. The van der Waals surface area contributed by atoms with Gasteiger partial charge in [0.15, 0.2) is 6.10 Å². The molecule has 2 saturated heterocycles. The van der Waals surface area contributed by atoms with E-state index in [0.717, 1.165) is 22.1 Å². The zero-order chi connectivity index (χ0) is 26.2. The van der Waals surface area contributed by atoms with Crippen molar-refractivity contribution < 1.29 is 23.6 Å². The van der Waals surface area contributed by atoms with E-state index in [9.17, 15) is 9.59 Å². The van der Waals surface area contributed by atoms with Crippen LogP contribution in [-0.4, -0.2) is 24.5 Å². The number of anilines is 2. The number of benzene rings is 3. The fourth-order valence-corrected chi connectivity index (χ4v) is 5.21. The molecular weight excluding hydrogens is 548 g/mol. The minimum absolute atomic E-state index is 0.327. The second kappa shape index (κ2) is 10.1. The molecule has 4 aromatic rings. The van der Waals surface area contributed by atoms with Crippen LogP contribution in [0.4, 0.5) is 11.4 Å². The van der Waals surface area contributed by atoms with E-state index in [1.54, 1.807) is 29.3 Å². The maximum absolute atomic E-state index is 13.8. The van der Waals surface area contributed by atoms with Crippen LogP contribution < -0.4 is 14.7 Å². The number of carbonyl (C=O) groups excluding carboxylic acids is 2. The van der Waals surface area contributed by atoms with E-state index in [1.807, 2.05) is 73.7 Å². The predicted octanol–water partition coefficient (Wildman–Crippen LogP) is 6.55. The van der Waals surface area contributed by atoms with Gasteiger partial charge in [-0.05, 0) is 67.1 Å². The molecule has 0 bridgehead atoms. The van der Waals surface area contributed by atoms with Crippen LogP contribution in [0.1, 0.15) is 25.1 Å². The molecular formula is C30H25BrN2O5. The summed E-state index contributed by atoms with van der Waals surface area (Å²) in [6, 6.07) is 27.3. The number of amides is 2. The van der Waals surface area contributed by atoms with Gasteiger partial charge < -0.3 is 9.15 Å². The van der Waals surface area contributed by atoms with Gasteiger partial charge >= 0.3 is 0 Å². The Labute approximate surface area is 228 Å². The molecule has 0 aliphatic carbocycles. The molecule has 2 fully saturated rings. The van der Waals surface area contributed by atoms with Crippen molar-refractivity contribution in [1.29, 1.82) is 0 Å². The zero-order valence-corrected chi connectivity index (χ0v) is 22.2. The first-order chi connectivity index (χ1) is 18.5. The number of carbonyl (C=O) groups is 2. The number of imide groups is 1. The summed E-state index contributed by atoms with van der Waals surface area (Å²) in [7, 11) is 0. The summed E-state index contributed by atoms with van der Waals surface area (Å²) in [6.07, 6.45) is -0.0776. The van der Waals surface area contributed by atoms with E-state index in [0.29, 0.717) is 29.6 Å². The van der Waals surface area contributed by atoms with Gasteiger partial charge in [0.05, 0.1) is 18.0 Å². The lowest BCUT2D eigenvalue weighted by Gasteiger charge is -2.27. The Morgan fingerprint density at radius 3 is 2.29 bits per heavy atom. The Morgan fingerprint density at radius 2 is 1.58 bits per heavy atom. The van der Waals surface area contributed by atoms with E-state index >= 15 is 0 Å². The molecule has 0 radical (unpaired) electrons. The first-order valence-electron chi connectivity index (χ1n) is 12.5. The van der Waals surface area contributed by atoms with Crippen molar-refractivity contribution in [3.05, 3.63) is 101 Å². The van der Waals surface area contributed by atoms with E-state index in [1.165, 1.54) is 4.90 Å². The number of rotatable bonds is 7. The summed E-state index contributed by atoms with van der Waals surface area (Å²) in [5, 5.41) is 1.63. The first-order valence-corrected chi connectivity index (χ1v) is 13.3. The highest BCUT2D eigenvalue weighted by Crippen LogP contribution is 2.48. The topological polar surface area (TPSA) is 72.2 Å². The van der Waals surface area contributed by atoms with Crippen molar-refractivity contribution in [2.24, 2.45) is 5.92 Å². The van der Waals surface area contributed by atoms with Crippen molar-refractivity contribution in [2.75, 3.05) is 16.6 Å². The molecule has 3 heterocycles. The summed E-state index contributed by atoms with van der Waals surface area (Å²) in [4.78, 5) is 34.8. The number of nitrogens with zero attached hydrogens (tertiary/aromatic N) is 2. The molecule has 6 rings (SSSR count). The van der Waals surface area contributed by atoms with Crippen LogP contribution in [0.15, 0.2) is 99.9 Å². The van der Waals surface area contributed by atoms with Gasteiger partial charge in [-0.3, -0.25) is 14.4 Å². The smallest absolute Gasteiger partial charge is 0.266 e. The van der Waals surface area contributed by atoms with Crippen LogP contribution in [0, 0.1) is 5.92 Å². The van der Waals surface area contributed by atoms with Gasteiger partial charge in [0.25, 0.3) is 5.91 Å². The van der Waals surface area contributed by atoms with E-state index in [4.69, 9.17) is 14.0 Å². The van der Waals surface area contributed by atoms with Gasteiger partial charge in [-0.25, -0.2) is 9.96 Å². The Kier molecular flexibility index (Phi) is 6.51. The number of ether oxygens (including phenoxy) is 1. The molecule has 2 aliphatic rings. The van der Waals surface area contributed by atoms with Gasteiger partial charge in [0.1, 0.15) is 29.2 Å². The highest BCUT2D eigenvalue weighted by atomic mass is 79.9. The lowest BCUT2D eigenvalue weighted by atomic mass is 9.94. The normalized spacial score (nSPS) is 20.7. The molecule has 38 heavy (non-hydrogen) atoms. The Morgan fingerprint density at radius 1 is 0.842 bits per heavy atom. The molecule has 2 aliphatic heterocycles. The Balaban J connectivity index is 1.35. The zero-order valence-electron chi connectivity index (χ0n) is 20.6. The van der Waals surface area contributed by atoms with Gasteiger partial charge in [-0.1, -0.05) is 53.2 Å². The van der Waals surface area contributed by atoms with Crippen LogP contribution in [0.3, 0.4) is 0 Å². The largest absolute Gasteiger partial charge is 0.494 e. The number of halogens is 1. The van der Waals surface area contributed by atoms with Crippen LogP contribution in [0.25, 0.3) is 11.3 Å². The Hall–Kier alpha value is -3.88. The summed E-state index contributed by atoms with van der Waals surface area (Å²) >= 11 is 3.46. The van der Waals surface area contributed by atoms with Gasteiger partial charge in [0, 0.05) is 10.0 Å². The van der Waals surface area contributed by atoms with Crippen LogP contribution in [0.2, 0.25) is 0 Å². The predicted molar refractivity (Wildman–Crippen MR) is 147 cm³/mol. The van der Waals surface area contributed by atoms with Crippen molar-refractivity contribution in [2.45, 2.75) is 25.5 Å². The second-order valence-electron chi connectivity index (χ2n) is 9.22. The molecule has 7 nitrogen and oxygen atoms in total. The fourth-order valence-electron chi connectivity index (χ4n) is 4.95. The average Bonchev–Trinajstić information content (AvgIpc) is 3.64.